The van der Waals surface area contributed by atoms with E-state index >= 15 is 0 Å². The molecule has 2 rings (SSSR count). The van der Waals surface area contributed by atoms with Gasteiger partial charge in [-0.3, -0.25) is 4.79 Å². The van der Waals surface area contributed by atoms with Gasteiger partial charge in [0.2, 0.25) is 11.8 Å². The van der Waals surface area contributed by atoms with Gasteiger partial charge in [-0.15, -0.1) is 0 Å². The number of anilines is 2. The summed E-state index contributed by atoms with van der Waals surface area (Å²) in [4.78, 5) is 18.8. The van der Waals surface area contributed by atoms with Gasteiger partial charge in [0.05, 0.1) is 18.2 Å². The van der Waals surface area contributed by atoms with Crippen LogP contribution in [0.4, 0.5) is 11.4 Å². The van der Waals surface area contributed by atoms with Gasteiger partial charge in [-0.1, -0.05) is 0 Å². The highest BCUT2D eigenvalue weighted by atomic mass is 16.5. The number of amides is 1. The van der Waals surface area contributed by atoms with E-state index in [9.17, 15) is 4.79 Å². The topological polar surface area (TPSA) is 66.5 Å². The molecule has 21 heavy (non-hydrogen) atoms. The number of hydrogen-bond donors (Lipinski definition) is 2. The maximum Gasteiger partial charge on any atom is 0.239 e. The number of nitrogens with zero attached hydrogens (tertiary/aromatic N) is 2. The second-order valence-corrected chi connectivity index (χ2v) is 5.90. The molecule has 2 N–H and O–H groups in total. The monoisotopic (exact) mass is 292 g/mol. The Kier molecular flexibility index (Phi) is 4.67. The van der Waals surface area contributed by atoms with Crippen molar-refractivity contribution >= 4 is 17.3 Å². The van der Waals surface area contributed by atoms with Gasteiger partial charge in [-0.25, -0.2) is 4.98 Å². The van der Waals surface area contributed by atoms with Crippen LogP contribution in [0.25, 0.3) is 0 Å². The van der Waals surface area contributed by atoms with E-state index in [-0.39, 0.29) is 5.91 Å². The van der Waals surface area contributed by atoms with Crippen LogP contribution in [0.2, 0.25) is 0 Å². The minimum absolute atomic E-state index is 0.00380. The van der Waals surface area contributed by atoms with Crippen molar-refractivity contribution in [3.8, 4) is 5.88 Å². The number of nitrogens with one attached hydrogen (secondary N) is 2. The highest BCUT2D eigenvalue weighted by molar-refractivity contribution is 5.99. The molecule has 1 atom stereocenters. The van der Waals surface area contributed by atoms with Crippen molar-refractivity contribution in [3.63, 3.8) is 0 Å². The summed E-state index contributed by atoms with van der Waals surface area (Å²) in [5.74, 6) is 0.436. The molecule has 116 valence electrons. The number of ether oxygens (including phenoxy) is 1. The highest BCUT2D eigenvalue weighted by Crippen LogP contribution is 2.35. The summed E-state index contributed by atoms with van der Waals surface area (Å²) in [6.07, 6.45) is 3.56. The van der Waals surface area contributed by atoms with E-state index in [0.717, 1.165) is 25.1 Å². The molecule has 1 aromatic rings. The molecule has 1 unspecified atom stereocenters. The average Bonchev–Trinajstić information content (AvgIpc) is 2.47. The number of carbonyl (C=O) groups excluding carboxylic acids is 1. The smallest absolute Gasteiger partial charge is 0.239 e. The van der Waals surface area contributed by atoms with Crippen molar-refractivity contribution in [2.75, 3.05) is 44.5 Å². The van der Waals surface area contributed by atoms with Crippen molar-refractivity contribution in [2.24, 2.45) is 5.41 Å². The first kappa shape index (κ1) is 15.6. The fraction of sp³-hybridized carbons (Fsp3) is 0.600. The zero-order valence-electron chi connectivity index (χ0n) is 13.2. The van der Waals surface area contributed by atoms with E-state index in [4.69, 9.17) is 4.74 Å². The van der Waals surface area contributed by atoms with Crippen LogP contribution in [-0.2, 0) is 4.79 Å². The van der Waals surface area contributed by atoms with Gasteiger partial charge in [-0.2, -0.15) is 0 Å². The number of piperidine rings is 1. The highest BCUT2D eigenvalue weighted by Gasteiger charge is 2.35. The van der Waals surface area contributed by atoms with Crippen LogP contribution in [0.3, 0.4) is 0 Å². The Balaban J connectivity index is 2.27. The third-order valence-electron chi connectivity index (χ3n) is 3.95. The van der Waals surface area contributed by atoms with E-state index in [1.165, 1.54) is 0 Å². The largest absolute Gasteiger partial charge is 0.479 e. The van der Waals surface area contributed by atoms with E-state index in [1.54, 1.807) is 13.3 Å². The van der Waals surface area contributed by atoms with Gasteiger partial charge < -0.3 is 20.3 Å². The van der Waals surface area contributed by atoms with Crippen LogP contribution in [0.5, 0.6) is 5.88 Å². The van der Waals surface area contributed by atoms with Crippen molar-refractivity contribution in [2.45, 2.75) is 19.8 Å². The molecular formula is C15H24N4O2. The molecule has 1 amide bonds. The summed E-state index contributed by atoms with van der Waals surface area (Å²) < 4.78 is 5.29. The Bertz CT molecular complexity index is 510. The number of pyridine rings is 1. The lowest BCUT2D eigenvalue weighted by Gasteiger charge is -2.33. The van der Waals surface area contributed by atoms with Gasteiger partial charge >= 0.3 is 0 Å². The summed E-state index contributed by atoms with van der Waals surface area (Å²) >= 11 is 0. The predicted octanol–water partition coefficient (Wildman–Crippen LogP) is 1.48. The second kappa shape index (κ2) is 6.30. The zero-order valence-corrected chi connectivity index (χ0v) is 13.2. The van der Waals surface area contributed by atoms with Crippen LogP contribution in [0.1, 0.15) is 19.8 Å². The lowest BCUT2D eigenvalue weighted by Crippen LogP contribution is -2.46. The van der Waals surface area contributed by atoms with E-state index in [0.29, 0.717) is 18.1 Å². The quantitative estimate of drug-likeness (QED) is 0.880. The van der Waals surface area contributed by atoms with E-state index < -0.39 is 5.41 Å². The average molecular weight is 292 g/mol. The molecule has 0 aliphatic carbocycles. The molecule has 1 fully saturated rings. The molecular weight excluding hydrogens is 268 g/mol. The lowest BCUT2D eigenvalue weighted by atomic mass is 9.82. The van der Waals surface area contributed by atoms with E-state index in [2.05, 4.69) is 15.6 Å². The van der Waals surface area contributed by atoms with Crippen LogP contribution < -0.4 is 20.3 Å². The first-order valence-corrected chi connectivity index (χ1v) is 7.20. The van der Waals surface area contributed by atoms with Crippen molar-refractivity contribution in [3.05, 3.63) is 12.3 Å². The molecule has 0 bridgehead atoms. The summed E-state index contributed by atoms with van der Waals surface area (Å²) in [6.45, 7) is 3.66. The first-order valence-electron chi connectivity index (χ1n) is 7.20. The summed E-state index contributed by atoms with van der Waals surface area (Å²) in [6, 6.07) is 1.86. The number of carbonyl (C=O) groups is 1. The van der Waals surface area contributed by atoms with E-state index in [1.807, 2.05) is 32.0 Å². The summed E-state index contributed by atoms with van der Waals surface area (Å²) in [5, 5.41) is 6.30. The van der Waals surface area contributed by atoms with Gasteiger partial charge in [-0.05, 0) is 32.4 Å². The fourth-order valence-electron chi connectivity index (χ4n) is 2.59. The predicted molar refractivity (Wildman–Crippen MR) is 84.0 cm³/mol. The van der Waals surface area contributed by atoms with Crippen molar-refractivity contribution in [1.29, 1.82) is 0 Å². The summed E-state index contributed by atoms with van der Waals surface area (Å²) in [5.41, 5.74) is 1.10. The molecule has 6 nitrogen and oxygen atoms in total. The maximum atomic E-state index is 12.7. The minimum atomic E-state index is -0.400. The normalized spacial score (nSPS) is 21.7. The molecule has 0 spiro atoms. The molecule has 1 aliphatic rings. The number of aromatic nitrogens is 1. The lowest BCUT2D eigenvalue weighted by molar-refractivity contribution is -0.125. The van der Waals surface area contributed by atoms with Crippen LogP contribution >= 0.6 is 0 Å². The Morgan fingerprint density at radius 3 is 2.86 bits per heavy atom. The third-order valence-corrected chi connectivity index (χ3v) is 3.95. The van der Waals surface area contributed by atoms with Gasteiger partial charge in [0.1, 0.15) is 5.69 Å². The second-order valence-electron chi connectivity index (χ2n) is 5.90. The van der Waals surface area contributed by atoms with Gasteiger partial charge in [0.25, 0.3) is 0 Å². The molecule has 0 radical (unpaired) electrons. The molecule has 2 heterocycles. The minimum Gasteiger partial charge on any atom is -0.479 e. The zero-order chi connectivity index (χ0) is 15.5. The molecule has 0 saturated carbocycles. The molecule has 0 aromatic carbocycles. The summed E-state index contributed by atoms with van der Waals surface area (Å²) in [7, 11) is 5.41. The molecule has 1 aromatic heterocycles. The van der Waals surface area contributed by atoms with Crippen LogP contribution in [0, 0.1) is 5.41 Å². The maximum absolute atomic E-state index is 12.7. The molecule has 6 heteroatoms. The third kappa shape index (κ3) is 3.26. The van der Waals surface area contributed by atoms with Crippen LogP contribution in [0.15, 0.2) is 12.3 Å². The van der Waals surface area contributed by atoms with Gasteiger partial charge in [0.15, 0.2) is 0 Å². The van der Waals surface area contributed by atoms with Crippen LogP contribution in [-0.4, -0.2) is 45.2 Å². The Morgan fingerprint density at radius 1 is 1.52 bits per heavy atom. The Labute approximate surface area is 125 Å². The number of hydrogen-bond acceptors (Lipinski definition) is 5. The van der Waals surface area contributed by atoms with Gasteiger partial charge in [0, 0.05) is 26.8 Å². The molecule has 1 aliphatic heterocycles. The standard InChI is InChI=1S/C15H24N4O2/c1-15(7-5-8-16-10-15)14(20)18-12-11(19(2)3)6-9-17-13(12)21-4/h6,9,16H,5,7-8,10H2,1-4H3,(H,18,20). The Morgan fingerprint density at radius 2 is 2.29 bits per heavy atom. The van der Waals surface area contributed by atoms with Crippen molar-refractivity contribution < 1.29 is 9.53 Å². The number of rotatable bonds is 4. The van der Waals surface area contributed by atoms with Crippen molar-refractivity contribution in [1.82, 2.24) is 10.3 Å². The number of methoxy groups -OCH3 is 1. The fourth-order valence-corrected chi connectivity index (χ4v) is 2.59. The Hall–Kier alpha value is -1.82. The SMILES string of the molecule is COc1nccc(N(C)C)c1NC(=O)C1(C)CCCNC1. The first-order chi connectivity index (χ1) is 9.98. The molecule has 1 saturated heterocycles.